The topological polar surface area (TPSA) is 112 Å². The molecule has 1 saturated carbocycles. The average Bonchev–Trinajstić information content (AvgIpc) is 2.93. The van der Waals surface area contributed by atoms with Gasteiger partial charge < -0.3 is 35.1 Å². The van der Waals surface area contributed by atoms with Gasteiger partial charge in [-0.2, -0.15) is 0 Å². The van der Waals surface area contributed by atoms with Gasteiger partial charge in [0.2, 0.25) is 5.91 Å². The average molecular weight is 587 g/mol. The molecule has 0 radical (unpaired) electrons. The van der Waals surface area contributed by atoms with Crippen molar-refractivity contribution in [2.24, 2.45) is 28.9 Å². The van der Waals surface area contributed by atoms with E-state index in [9.17, 15) is 9.90 Å². The number of ether oxygens (including phenoxy) is 4. The number of nitrogens with one attached hydrogen (secondary N) is 1. The minimum atomic E-state index is -0.814. The van der Waals surface area contributed by atoms with Crippen molar-refractivity contribution >= 4 is 18.3 Å². The summed E-state index contributed by atoms with van der Waals surface area (Å²) in [6.45, 7) is 9.72. The number of aliphatic hydroxyl groups is 1. The lowest BCUT2D eigenvalue weighted by Crippen LogP contribution is -2.49. The fourth-order valence-electron chi connectivity index (χ4n) is 5.53. The van der Waals surface area contributed by atoms with Crippen molar-refractivity contribution in [3.8, 4) is 11.5 Å². The van der Waals surface area contributed by atoms with Crippen LogP contribution in [0.3, 0.4) is 0 Å². The molecule has 1 aliphatic rings. The van der Waals surface area contributed by atoms with Crippen LogP contribution < -0.4 is 20.5 Å². The largest absolute Gasteiger partial charge is 0.493 e. The monoisotopic (exact) mass is 586 g/mol. The molecule has 1 aromatic carbocycles. The highest BCUT2D eigenvalue weighted by molar-refractivity contribution is 5.85. The first-order valence-corrected chi connectivity index (χ1v) is 14.6. The molecule has 0 bridgehead atoms. The predicted molar refractivity (Wildman–Crippen MR) is 162 cm³/mol. The van der Waals surface area contributed by atoms with E-state index in [4.69, 9.17) is 24.7 Å². The quantitative estimate of drug-likeness (QED) is 0.225. The van der Waals surface area contributed by atoms with Gasteiger partial charge in [-0.3, -0.25) is 4.79 Å². The maximum Gasteiger partial charge on any atom is 0.226 e. The number of carbonyl (C=O) groups excluding carboxylic acids is 1. The first-order chi connectivity index (χ1) is 18.5. The van der Waals surface area contributed by atoms with Crippen molar-refractivity contribution < 1.29 is 28.8 Å². The summed E-state index contributed by atoms with van der Waals surface area (Å²) >= 11 is 0. The van der Waals surface area contributed by atoms with Crippen LogP contribution in [0, 0.1) is 23.2 Å². The first kappa shape index (κ1) is 36.4. The minimum Gasteiger partial charge on any atom is -0.493 e. The zero-order chi connectivity index (χ0) is 29.0. The third-order valence-electron chi connectivity index (χ3n) is 8.57. The van der Waals surface area contributed by atoms with Crippen LogP contribution in [0.2, 0.25) is 0 Å². The lowest BCUT2D eigenvalue weighted by atomic mass is 9.70. The second kappa shape index (κ2) is 18.1. The molecule has 0 aliphatic heterocycles. The summed E-state index contributed by atoms with van der Waals surface area (Å²) in [7, 11) is 5.07. The maximum atomic E-state index is 13.1. The molecule has 8 nitrogen and oxygen atoms in total. The number of benzene rings is 1. The number of carbonyl (C=O) groups is 1. The molecule has 2 rings (SSSR count). The second-order valence-corrected chi connectivity index (χ2v) is 12.0. The molecule has 0 heterocycles. The van der Waals surface area contributed by atoms with Gasteiger partial charge in [-0.1, -0.05) is 33.8 Å². The number of methoxy groups -OCH3 is 3. The van der Waals surface area contributed by atoms with Gasteiger partial charge in [-0.05, 0) is 74.0 Å². The molecule has 1 aliphatic carbocycles. The smallest absolute Gasteiger partial charge is 0.226 e. The lowest BCUT2D eigenvalue weighted by Gasteiger charge is -2.38. The van der Waals surface area contributed by atoms with Crippen LogP contribution in [0.5, 0.6) is 11.5 Å². The Labute approximate surface area is 248 Å². The van der Waals surface area contributed by atoms with Crippen LogP contribution in [0.15, 0.2) is 18.2 Å². The van der Waals surface area contributed by atoms with E-state index in [-0.39, 0.29) is 30.8 Å². The Morgan fingerprint density at radius 2 is 1.77 bits per heavy atom. The summed E-state index contributed by atoms with van der Waals surface area (Å²) in [4.78, 5) is 13.1. The van der Waals surface area contributed by atoms with E-state index in [1.807, 2.05) is 26.0 Å². The fourth-order valence-corrected chi connectivity index (χ4v) is 5.53. The molecule has 9 heteroatoms. The van der Waals surface area contributed by atoms with Gasteiger partial charge >= 0.3 is 0 Å². The van der Waals surface area contributed by atoms with Gasteiger partial charge in [-0.15, -0.1) is 12.4 Å². The van der Waals surface area contributed by atoms with Crippen LogP contribution >= 0.6 is 12.4 Å². The summed E-state index contributed by atoms with van der Waals surface area (Å²) in [5, 5.41) is 13.8. The zero-order valence-corrected chi connectivity index (χ0v) is 26.6. The van der Waals surface area contributed by atoms with Crippen LogP contribution in [0.4, 0.5) is 0 Å². The molecule has 3 unspecified atom stereocenters. The van der Waals surface area contributed by atoms with Gasteiger partial charge in [0.25, 0.3) is 0 Å². The Morgan fingerprint density at radius 1 is 1.10 bits per heavy atom. The lowest BCUT2D eigenvalue weighted by molar-refractivity contribution is -0.134. The van der Waals surface area contributed by atoms with Crippen LogP contribution in [0.25, 0.3) is 0 Å². The van der Waals surface area contributed by atoms with Crippen molar-refractivity contribution in [1.29, 1.82) is 0 Å². The number of rotatable bonds is 17. The van der Waals surface area contributed by atoms with E-state index in [1.54, 1.807) is 21.3 Å². The first-order valence-electron chi connectivity index (χ1n) is 14.6. The molecule has 4 N–H and O–H groups in total. The Balaban J connectivity index is 0.00000800. The molecule has 1 aromatic rings. The molecule has 1 fully saturated rings. The highest BCUT2D eigenvalue weighted by Crippen LogP contribution is 2.39. The van der Waals surface area contributed by atoms with Gasteiger partial charge in [-0.25, -0.2) is 0 Å². The number of nitrogens with two attached hydrogens (primary N) is 1. The molecule has 3 atom stereocenters. The maximum absolute atomic E-state index is 13.1. The van der Waals surface area contributed by atoms with E-state index in [0.717, 1.165) is 49.8 Å². The molecular formula is C31H55ClN2O6. The second-order valence-electron chi connectivity index (χ2n) is 12.0. The van der Waals surface area contributed by atoms with Gasteiger partial charge in [0.15, 0.2) is 11.5 Å². The Kier molecular flexibility index (Phi) is 16.5. The molecule has 0 saturated heterocycles. The number of hydrogen-bond acceptors (Lipinski definition) is 7. The van der Waals surface area contributed by atoms with E-state index in [1.165, 1.54) is 0 Å². The highest BCUT2D eigenvalue weighted by atomic mass is 35.5. The Bertz CT molecular complexity index is 860. The highest BCUT2D eigenvalue weighted by Gasteiger charge is 2.39. The summed E-state index contributed by atoms with van der Waals surface area (Å²) in [6.07, 6.45) is 5.65. The van der Waals surface area contributed by atoms with Gasteiger partial charge in [0, 0.05) is 45.2 Å². The summed E-state index contributed by atoms with van der Waals surface area (Å²) in [6, 6.07) is 5.58. The van der Waals surface area contributed by atoms with E-state index < -0.39 is 17.6 Å². The molecule has 40 heavy (non-hydrogen) atoms. The summed E-state index contributed by atoms with van der Waals surface area (Å²) in [5.74, 6) is 2.33. The summed E-state index contributed by atoms with van der Waals surface area (Å²) in [5.41, 5.74) is 7.11. The van der Waals surface area contributed by atoms with E-state index in [0.29, 0.717) is 43.3 Å². The van der Waals surface area contributed by atoms with Crippen molar-refractivity contribution in [1.82, 2.24) is 5.32 Å². The third kappa shape index (κ3) is 11.0. The van der Waals surface area contributed by atoms with Crippen LogP contribution in [0.1, 0.15) is 71.8 Å². The molecule has 232 valence electrons. The number of hydrogen-bond donors (Lipinski definition) is 3. The van der Waals surface area contributed by atoms with Crippen molar-refractivity contribution in [3.63, 3.8) is 0 Å². The van der Waals surface area contributed by atoms with Crippen LogP contribution in [-0.4, -0.2) is 70.4 Å². The SMILES string of the molecule is COCCCOc1cc(CC(CC(N)C(O)CNC(=O)C(C)(C)[C@H]2CC[C@H](OC)CC2)C(C)C)ccc1OC.Cl. The van der Waals surface area contributed by atoms with E-state index in [2.05, 4.69) is 25.2 Å². The Morgan fingerprint density at radius 3 is 2.35 bits per heavy atom. The van der Waals surface area contributed by atoms with Gasteiger partial charge in [0.05, 0.1) is 25.9 Å². The zero-order valence-electron chi connectivity index (χ0n) is 25.7. The summed E-state index contributed by atoms with van der Waals surface area (Å²) < 4.78 is 22.0. The predicted octanol–water partition coefficient (Wildman–Crippen LogP) is 4.77. The number of amides is 1. The fraction of sp³-hybridized carbons (Fsp3) is 0.774. The molecule has 0 spiro atoms. The molecule has 0 aromatic heterocycles. The van der Waals surface area contributed by atoms with Crippen molar-refractivity contribution in [3.05, 3.63) is 23.8 Å². The van der Waals surface area contributed by atoms with Crippen molar-refractivity contribution in [2.45, 2.75) is 90.9 Å². The molecular weight excluding hydrogens is 532 g/mol. The molecule has 1 amide bonds. The van der Waals surface area contributed by atoms with Crippen molar-refractivity contribution in [2.75, 3.05) is 41.1 Å². The Hall–Kier alpha value is -1.58. The normalized spacial score (nSPS) is 19.9. The number of halogens is 1. The third-order valence-corrected chi connectivity index (χ3v) is 8.57. The van der Waals surface area contributed by atoms with E-state index >= 15 is 0 Å². The number of aliphatic hydroxyl groups excluding tert-OH is 1. The standard InChI is InChI=1S/C31H54N2O6.ClH/c1-21(2)23(17-22-9-14-28(38-7)29(18-22)39-16-8-15-36-5)19-26(32)27(34)20-33-30(35)31(3,4)24-10-12-25(37-6)13-11-24;/h9,14,18,21,23-27,34H,8,10-13,15-17,19-20,32H2,1-7H3,(H,33,35);1H/t23?,24-,25-,26?,27?;. The minimum absolute atomic E-state index is 0. The van der Waals surface area contributed by atoms with Crippen LogP contribution in [-0.2, 0) is 20.7 Å². The van der Waals surface area contributed by atoms with Gasteiger partial charge in [0.1, 0.15) is 0 Å².